The normalized spacial score (nSPS) is 19.1. The largest absolute Gasteiger partial charge is 0.296 e. The number of rotatable bonds is 15. The molecule has 0 aromatic carbocycles. The Kier molecular flexibility index (Phi) is 13.2. The summed E-state index contributed by atoms with van der Waals surface area (Å²) in [6.07, 6.45) is 21.7. The van der Waals surface area contributed by atoms with Gasteiger partial charge >= 0.3 is 0 Å². The van der Waals surface area contributed by atoms with Crippen molar-refractivity contribution in [1.29, 1.82) is 0 Å². The van der Waals surface area contributed by atoms with Crippen LogP contribution < -0.4 is 0 Å². The van der Waals surface area contributed by atoms with Crippen LogP contribution in [0.4, 0.5) is 0 Å². The molecule has 0 N–H and O–H groups in total. The van der Waals surface area contributed by atoms with Crippen molar-refractivity contribution in [2.45, 2.75) is 116 Å². The van der Waals surface area contributed by atoms with Gasteiger partial charge in [0.05, 0.1) is 6.10 Å². The van der Waals surface area contributed by atoms with Gasteiger partial charge in [0.15, 0.2) is 0 Å². The fraction of sp³-hybridized carbons (Fsp3) is 1.00. The first-order chi connectivity index (χ1) is 10.8. The summed E-state index contributed by atoms with van der Waals surface area (Å²) in [6.45, 7) is 6.74. The van der Waals surface area contributed by atoms with E-state index in [1.54, 1.807) is 0 Å². The van der Waals surface area contributed by atoms with Crippen LogP contribution in [0.25, 0.3) is 0 Å². The molecule has 1 atom stereocenters. The van der Waals surface area contributed by atoms with Gasteiger partial charge in [0.2, 0.25) is 0 Å². The van der Waals surface area contributed by atoms with E-state index in [0.29, 0.717) is 6.10 Å². The fourth-order valence-corrected chi connectivity index (χ4v) is 3.33. The molecule has 2 heteroatoms. The molecule has 2 nitrogen and oxygen atoms in total. The summed E-state index contributed by atoms with van der Waals surface area (Å²) in [7, 11) is 0. The standard InChI is InChI=1S/C20H41NO/c1-3-4-5-6-7-8-9-10-11-12-13-14-15-16-18-21-19-17-20(2)22-21/h20H,3-19H2,1-2H3. The van der Waals surface area contributed by atoms with E-state index in [4.69, 9.17) is 4.84 Å². The number of unbranched alkanes of at least 4 members (excludes halogenated alkanes) is 13. The third kappa shape index (κ3) is 11.5. The lowest BCUT2D eigenvalue weighted by Crippen LogP contribution is -2.20. The Hall–Kier alpha value is -0.0800. The van der Waals surface area contributed by atoms with Crippen LogP contribution in [0, 0.1) is 0 Å². The van der Waals surface area contributed by atoms with Gasteiger partial charge in [-0.2, -0.15) is 5.06 Å². The van der Waals surface area contributed by atoms with E-state index in [1.807, 2.05) is 0 Å². The number of hydrogen-bond acceptors (Lipinski definition) is 2. The summed E-state index contributed by atoms with van der Waals surface area (Å²) in [5.74, 6) is 0. The minimum Gasteiger partial charge on any atom is -0.296 e. The lowest BCUT2D eigenvalue weighted by molar-refractivity contribution is -0.140. The van der Waals surface area contributed by atoms with Crippen molar-refractivity contribution in [1.82, 2.24) is 5.06 Å². The Morgan fingerprint density at radius 2 is 1.18 bits per heavy atom. The molecule has 0 saturated carbocycles. The maximum atomic E-state index is 5.71. The Bertz CT molecular complexity index is 232. The topological polar surface area (TPSA) is 12.5 Å². The average Bonchev–Trinajstić information content (AvgIpc) is 2.93. The van der Waals surface area contributed by atoms with Crippen molar-refractivity contribution in [3.05, 3.63) is 0 Å². The van der Waals surface area contributed by atoms with Crippen molar-refractivity contribution in [2.75, 3.05) is 13.1 Å². The van der Waals surface area contributed by atoms with E-state index in [0.717, 1.165) is 13.1 Å². The first-order valence-corrected chi connectivity index (χ1v) is 10.2. The van der Waals surface area contributed by atoms with Gasteiger partial charge in [-0.1, -0.05) is 90.4 Å². The molecule has 1 rings (SSSR count). The van der Waals surface area contributed by atoms with Crippen LogP contribution in [0.15, 0.2) is 0 Å². The highest BCUT2D eigenvalue weighted by atomic mass is 16.7. The van der Waals surface area contributed by atoms with Crippen molar-refractivity contribution in [3.8, 4) is 0 Å². The van der Waals surface area contributed by atoms with Gasteiger partial charge in [-0.05, 0) is 19.8 Å². The molecule has 0 aromatic heterocycles. The van der Waals surface area contributed by atoms with Crippen LogP contribution in [0.3, 0.4) is 0 Å². The second-order valence-electron chi connectivity index (χ2n) is 7.23. The minimum absolute atomic E-state index is 0.451. The molecule has 0 spiro atoms. The monoisotopic (exact) mass is 311 g/mol. The lowest BCUT2D eigenvalue weighted by Gasteiger charge is -2.14. The molecule has 1 aliphatic heterocycles. The fourth-order valence-electron chi connectivity index (χ4n) is 3.33. The molecule has 1 unspecified atom stereocenters. The van der Waals surface area contributed by atoms with E-state index in [9.17, 15) is 0 Å². The van der Waals surface area contributed by atoms with E-state index < -0.39 is 0 Å². The van der Waals surface area contributed by atoms with Crippen LogP contribution in [0.1, 0.15) is 110 Å². The molecule has 0 aromatic rings. The SMILES string of the molecule is CCCCCCCCCCCCCCCCN1CCC(C)O1. The maximum absolute atomic E-state index is 5.71. The zero-order chi connectivity index (χ0) is 15.9. The molecule has 0 amide bonds. The van der Waals surface area contributed by atoms with E-state index in [1.165, 1.54) is 96.3 Å². The predicted molar refractivity (Wildman–Crippen MR) is 97.0 cm³/mol. The van der Waals surface area contributed by atoms with Crippen molar-refractivity contribution in [2.24, 2.45) is 0 Å². The van der Waals surface area contributed by atoms with Crippen LogP contribution in [0.2, 0.25) is 0 Å². The Balaban J connectivity index is 1.68. The molecule has 1 fully saturated rings. The van der Waals surface area contributed by atoms with Crippen molar-refractivity contribution >= 4 is 0 Å². The highest BCUT2D eigenvalue weighted by Crippen LogP contribution is 2.15. The summed E-state index contributed by atoms with van der Waals surface area (Å²) in [4.78, 5) is 5.71. The molecule has 0 aliphatic carbocycles. The van der Waals surface area contributed by atoms with Gasteiger partial charge in [0.1, 0.15) is 0 Å². The molecule has 132 valence electrons. The Morgan fingerprint density at radius 3 is 1.59 bits per heavy atom. The van der Waals surface area contributed by atoms with Crippen LogP contribution >= 0.6 is 0 Å². The zero-order valence-corrected chi connectivity index (χ0v) is 15.5. The summed E-state index contributed by atoms with van der Waals surface area (Å²) in [5.41, 5.74) is 0. The third-order valence-corrected chi connectivity index (χ3v) is 4.88. The quantitative estimate of drug-likeness (QED) is 0.320. The molecular formula is C20H41NO. The smallest absolute Gasteiger partial charge is 0.0778 e. The summed E-state index contributed by atoms with van der Waals surface area (Å²) in [5, 5.41) is 2.17. The zero-order valence-electron chi connectivity index (χ0n) is 15.5. The molecule has 1 saturated heterocycles. The highest BCUT2D eigenvalue weighted by molar-refractivity contribution is 4.61. The second-order valence-corrected chi connectivity index (χ2v) is 7.23. The maximum Gasteiger partial charge on any atom is 0.0778 e. The number of hydroxylamine groups is 2. The van der Waals surface area contributed by atoms with Gasteiger partial charge in [-0.3, -0.25) is 4.84 Å². The molecule has 22 heavy (non-hydrogen) atoms. The number of nitrogens with zero attached hydrogens (tertiary/aromatic N) is 1. The van der Waals surface area contributed by atoms with Crippen molar-refractivity contribution in [3.63, 3.8) is 0 Å². The van der Waals surface area contributed by atoms with Gasteiger partial charge in [0, 0.05) is 13.1 Å². The van der Waals surface area contributed by atoms with Crippen molar-refractivity contribution < 1.29 is 4.84 Å². The molecule has 0 bridgehead atoms. The number of hydrogen-bond donors (Lipinski definition) is 0. The van der Waals surface area contributed by atoms with Crippen LogP contribution in [-0.2, 0) is 4.84 Å². The Morgan fingerprint density at radius 1 is 0.727 bits per heavy atom. The second kappa shape index (κ2) is 14.5. The highest BCUT2D eigenvalue weighted by Gasteiger charge is 2.18. The summed E-state index contributed by atoms with van der Waals surface area (Å²) < 4.78 is 0. The lowest BCUT2D eigenvalue weighted by atomic mass is 10.0. The first kappa shape index (κ1) is 20.0. The van der Waals surface area contributed by atoms with Gasteiger partial charge < -0.3 is 0 Å². The molecule has 0 radical (unpaired) electrons. The summed E-state index contributed by atoms with van der Waals surface area (Å²) in [6, 6.07) is 0. The van der Waals surface area contributed by atoms with Crippen LogP contribution in [-0.4, -0.2) is 24.3 Å². The van der Waals surface area contributed by atoms with E-state index in [-0.39, 0.29) is 0 Å². The third-order valence-electron chi connectivity index (χ3n) is 4.88. The van der Waals surface area contributed by atoms with Gasteiger partial charge in [0.25, 0.3) is 0 Å². The van der Waals surface area contributed by atoms with E-state index in [2.05, 4.69) is 18.9 Å². The van der Waals surface area contributed by atoms with Crippen LogP contribution in [0.5, 0.6) is 0 Å². The summed E-state index contributed by atoms with van der Waals surface area (Å²) >= 11 is 0. The van der Waals surface area contributed by atoms with E-state index >= 15 is 0 Å². The average molecular weight is 312 g/mol. The van der Waals surface area contributed by atoms with Gasteiger partial charge in [-0.25, -0.2) is 0 Å². The Labute approximate surface area is 139 Å². The molecule has 1 heterocycles. The molecule has 1 aliphatic rings. The predicted octanol–water partition coefficient (Wildman–Crippen LogP) is 6.49. The van der Waals surface area contributed by atoms with Gasteiger partial charge in [-0.15, -0.1) is 0 Å². The molecular weight excluding hydrogens is 270 g/mol. The minimum atomic E-state index is 0.451. The first-order valence-electron chi connectivity index (χ1n) is 10.2.